The van der Waals surface area contributed by atoms with E-state index in [-0.39, 0.29) is 31.1 Å². The predicted molar refractivity (Wildman–Crippen MR) is 353 cm³/mol. The molecule has 6 heteroatoms. The fourth-order valence-electron chi connectivity index (χ4n) is 11.4. The minimum atomic E-state index is -0.769. The fourth-order valence-corrected chi connectivity index (χ4v) is 11.4. The average Bonchev–Trinajstić information content (AvgIpc) is 3.46. The highest BCUT2D eigenvalue weighted by Gasteiger charge is 2.20. The lowest BCUT2D eigenvalue weighted by molar-refractivity contribution is -0.167. The molecule has 1 unspecified atom stereocenters. The van der Waals surface area contributed by atoms with Crippen molar-refractivity contribution < 1.29 is 28.6 Å². The molecular formula is C75H142O6. The molecule has 0 bridgehead atoms. The highest BCUT2D eigenvalue weighted by Crippen LogP contribution is 2.19. The third-order valence-electron chi connectivity index (χ3n) is 16.9. The van der Waals surface area contributed by atoms with Crippen molar-refractivity contribution in [3.63, 3.8) is 0 Å². The zero-order valence-electron chi connectivity index (χ0n) is 55.1. The summed E-state index contributed by atoms with van der Waals surface area (Å²) in [6.07, 6.45) is 86.5. The van der Waals surface area contributed by atoms with E-state index in [4.69, 9.17) is 14.2 Å². The third-order valence-corrected chi connectivity index (χ3v) is 16.9. The first kappa shape index (κ1) is 78.9. The molecule has 81 heavy (non-hydrogen) atoms. The number of hydrogen-bond acceptors (Lipinski definition) is 6. The van der Waals surface area contributed by atoms with Crippen LogP contribution in [0.15, 0.2) is 24.3 Å². The highest BCUT2D eigenvalue weighted by molar-refractivity contribution is 5.71. The first-order valence-electron chi connectivity index (χ1n) is 36.8. The Morgan fingerprint density at radius 2 is 0.407 bits per heavy atom. The highest BCUT2D eigenvalue weighted by atomic mass is 16.6. The monoisotopic (exact) mass is 1140 g/mol. The van der Waals surface area contributed by atoms with Gasteiger partial charge in [-0.15, -0.1) is 0 Å². The third kappa shape index (κ3) is 68.6. The maximum Gasteiger partial charge on any atom is 0.306 e. The van der Waals surface area contributed by atoms with Crippen molar-refractivity contribution >= 4 is 17.9 Å². The van der Waals surface area contributed by atoms with Crippen molar-refractivity contribution in [2.24, 2.45) is 0 Å². The summed E-state index contributed by atoms with van der Waals surface area (Å²) in [5.41, 5.74) is 0. The Hall–Kier alpha value is -2.11. The molecule has 0 N–H and O–H groups in total. The molecule has 0 aliphatic carbocycles. The Morgan fingerprint density at radius 3 is 0.617 bits per heavy atom. The van der Waals surface area contributed by atoms with E-state index in [0.717, 1.165) is 57.8 Å². The van der Waals surface area contributed by atoms with E-state index in [0.29, 0.717) is 19.3 Å². The summed E-state index contributed by atoms with van der Waals surface area (Å²) >= 11 is 0. The van der Waals surface area contributed by atoms with Crippen molar-refractivity contribution in [2.45, 2.75) is 425 Å². The molecule has 0 saturated heterocycles. The Balaban J connectivity index is 4.20. The zero-order chi connectivity index (χ0) is 58.5. The second kappa shape index (κ2) is 70.4. The molecule has 6 nitrogen and oxygen atoms in total. The van der Waals surface area contributed by atoms with Crippen molar-refractivity contribution in [1.29, 1.82) is 0 Å². The average molecular weight is 1140 g/mol. The van der Waals surface area contributed by atoms with E-state index in [1.165, 1.54) is 321 Å². The molecule has 0 aliphatic heterocycles. The summed E-state index contributed by atoms with van der Waals surface area (Å²) in [5, 5.41) is 0. The molecule has 0 aromatic heterocycles. The Kier molecular flexibility index (Phi) is 68.5. The van der Waals surface area contributed by atoms with Gasteiger partial charge in [-0.05, 0) is 70.6 Å². The van der Waals surface area contributed by atoms with Gasteiger partial charge in [0.25, 0.3) is 0 Å². The van der Waals surface area contributed by atoms with E-state index in [1.54, 1.807) is 0 Å². The van der Waals surface area contributed by atoms with Gasteiger partial charge in [0.15, 0.2) is 6.10 Å². The van der Waals surface area contributed by atoms with Gasteiger partial charge in [-0.25, -0.2) is 0 Å². The smallest absolute Gasteiger partial charge is 0.306 e. The van der Waals surface area contributed by atoms with Gasteiger partial charge in [0.1, 0.15) is 13.2 Å². The molecule has 0 amide bonds. The van der Waals surface area contributed by atoms with Crippen molar-refractivity contribution in [1.82, 2.24) is 0 Å². The van der Waals surface area contributed by atoms with Crippen molar-refractivity contribution in [2.75, 3.05) is 13.2 Å². The second-order valence-electron chi connectivity index (χ2n) is 25.2. The minimum Gasteiger partial charge on any atom is -0.462 e. The Bertz CT molecular complexity index is 1310. The van der Waals surface area contributed by atoms with Crippen LogP contribution in [0.4, 0.5) is 0 Å². The van der Waals surface area contributed by atoms with Gasteiger partial charge >= 0.3 is 17.9 Å². The maximum absolute atomic E-state index is 13.0. The number of ether oxygens (including phenoxy) is 3. The normalized spacial score (nSPS) is 12.1. The van der Waals surface area contributed by atoms with E-state index < -0.39 is 6.10 Å². The first-order valence-corrected chi connectivity index (χ1v) is 36.8. The molecule has 0 spiro atoms. The Morgan fingerprint density at radius 1 is 0.235 bits per heavy atom. The molecule has 0 saturated carbocycles. The van der Waals surface area contributed by atoms with E-state index in [1.807, 2.05) is 0 Å². The summed E-state index contributed by atoms with van der Waals surface area (Å²) < 4.78 is 17.0. The number of allylic oxidation sites excluding steroid dienone is 4. The molecule has 1 atom stereocenters. The van der Waals surface area contributed by atoms with Gasteiger partial charge < -0.3 is 14.2 Å². The van der Waals surface area contributed by atoms with Crippen LogP contribution in [0.5, 0.6) is 0 Å². The van der Waals surface area contributed by atoms with Gasteiger partial charge in [-0.1, -0.05) is 353 Å². The van der Waals surface area contributed by atoms with E-state index >= 15 is 0 Å². The van der Waals surface area contributed by atoms with Gasteiger partial charge in [-0.3, -0.25) is 14.4 Å². The van der Waals surface area contributed by atoms with Gasteiger partial charge in [-0.2, -0.15) is 0 Å². The van der Waals surface area contributed by atoms with Crippen LogP contribution in [-0.2, 0) is 28.6 Å². The van der Waals surface area contributed by atoms with E-state index in [2.05, 4.69) is 45.1 Å². The number of carbonyl (C=O) groups is 3. The Labute approximate surface area is 506 Å². The van der Waals surface area contributed by atoms with Crippen molar-refractivity contribution in [3.05, 3.63) is 24.3 Å². The molecule has 0 radical (unpaired) electrons. The van der Waals surface area contributed by atoms with Crippen LogP contribution in [0.2, 0.25) is 0 Å². The number of carbonyl (C=O) groups excluding carboxylic acids is 3. The van der Waals surface area contributed by atoms with Crippen LogP contribution in [0.25, 0.3) is 0 Å². The summed E-state index contributed by atoms with van der Waals surface area (Å²) in [5.74, 6) is -0.832. The predicted octanol–water partition coefficient (Wildman–Crippen LogP) is 25.3. The molecule has 0 aliphatic rings. The second-order valence-corrected chi connectivity index (χ2v) is 25.2. The summed E-state index contributed by atoms with van der Waals surface area (Å²) in [4.78, 5) is 38.5. The first-order chi connectivity index (χ1) is 40.0. The topological polar surface area (TPSA) is 78.9 Å². The number of unbranched alkanes of at least 4 members (excludes halogenated alkanes) is 54. The van der Waals surface area contributed by atoms with Crippen molar-refractivity contribution in [3.8, 4) is 0 Å². The standard InChI is InChI=1S/C75H142O6/c1-4-7-10-13-16-19-22-25-27-29-31-33-35-36-37-38-40-41-43-45-47-50-53-56-59-62-65-68-74(77)80-71-72(70-79-73(76)67-64-61-58-55-52-49-24-21-18-15-12-9-6-3)81-75(78)69-66-63-60-57-54-51-48-46-44-42-39-34-32-30-28-26-23-20-17-14-11-8-5-2/h29-32,72H,4-28,33-71H2,1-3H3/b31-29-,32-30-. The summed E-state index contributed by atoms with van der Waals surface area (Å²) in [6.45, 7) is 6.72. The molecule has 0 aromatic rings. The molecular weight excluding hydrogens is 997 g/mol. The molecule has 0 heterocycles. The van der Waals surface area contributed by atoms with Crippen LogP contribution >= 0.6 is 0 Å². The van der Waals surface area contributed by atoms with Gasteiger partial charge in [0, 0.05) is 19.3 Å². The van der Waals surface area contributed by atoms with Gasteiger partial charge in [0.2, 0.25) is 0 Å². The quantitative estimate of drug-likeness (QED) is 0.0261. The number of esters is 3. The largest absolute Gasteiger partial charge is 0.462 e. The maximum atomic E-state index is 13.0. The number of rotatable bonds is 69. The number of hydrogen-bond donors (Lipinski definition) is 0. The molecule has 0 rings (SSSR count). The SMILES string of the molecule is CCCCCCCCCC/C=C\CCCCCCCCCCCCCCCCCC(=O)OCC(COC(=O)CCCCCCCCCCCCCCC)OC(=O)CCCCCCCCCCCCC/C=C\CCCCCCCCCC. The van der Waals surface area contributed by atoms with Crippen LogP contribution in [0, 0.1) is 0 Å². The fraction of sp³-hybridized carbons (Fsp3) is 0.907. The minimum absolute atomic E-state index is 0.0650. The van der Waals surface area contributed by atoms with Gasteiger partial charge in [0.05, 0.1) is 0 Å². The molecule has 478 valence electrons. The van der Waals surface area contributed by atoms with Crippen LogP contribution < -0.4 is 0 Å². The lowest BCUT2D eigenvalue weighted by Gasteiger charge is -2.18. The zero-order valence-corrected chi connectivity index (χ0v) is 55.1. The van der Waals surface area contributed by atoms with Crippen LogP contribution in [0.1, 0.15) is 419 Å². The molecule has 0 aromatic carbocycles. The summed E-state index contributed by atoms with van der Waals surface area (Å²) in [6, 6.07) is 0. The lowest BCUT2D eigenvalue weighted by Crippen LogP contribution is -2.30. The van der Waals surface area contributed by atoms with Crippen LogP contribution in [-0.4, -0.2) is 37.2 Å². The van der Waals surface area contributed by atoms with Crippen LogP contribution in [0.3, 0.4) is 0 Å². The lowest BCUT2D eigenvalue weighted by atomic mass is 10.0. The summed E-state index contributed by atoms with van der Waals surface area (Å²) in [7, 11) is 0. The molecule has 0 fully saturated rings. The van der Waals surface area contributed by atoms with E-state index in [9.17, 15) is 14.4 Å².